The third-order valence-electron chi connectivity index (χ3n) is 3.72. The van der Waals surface area contributed by atoms with E-state index in [1.54, 1.807) is 0 Å². The molecule has 0 atom stereocenters. The van der Waals surface area contributed by atoms with Gasteiger partial charge in [-0.2, -0.15) is 0 Å². The topological polar surface area (TPSA) is 18.5 Å². The van der Waals surface area contributed by atoms with Gasteiger partial charge in [-0.15, -0.1) is 0 Å². The number of hydrogen-bond donors (Lipinski definition) is 0. The van der Waals surface area contributed by atoms with E-state index in [4.69, 9.17) is 9.47 Å². The van der Waals surface area contributed by atoms with Gasteiger partial charge < -0.3 is 9.47 Å². The Labute approximate surface area is 102 Å². The third kappa shape index (κ3) is 2.15. The van der Waals surface area contributed by atoms with Crippen molar-refractivity contribution in [2.24, 2.45) is 5.41 Å². The Hall–Kier alpha value is -1.12. The van der Waals surface area contributed by atoms with Gasteiger partial charge in [0.2, 0.25) is 0 Å². The number of rotatable bonds is 3. The van der Waals surface area contributed by atoms with Gasteiger partial charge in [0.25, 0.3) is 0 Å². The van der Waals surface area contributed by atoms with Crippen LogP contribution in [-0.4, -0.2) is 19.0 Å². The van der Waals surface area contributed by atoms with Crippen LogP contribution in [0.5, 0.6) is 0 Å². The highest BCUT2D eigenvalue weighted by atomic mass is 16.7. The van der Waals surface area contributed by atoms with Crippen LogP contribution in [0.4, 0.5) is 0 Å². The minimum atomic E-state index is -0.305. The molecule has 0 saturated carbocycles. The molecule has 2 nitrogen and oxygen atoms in total. The molecule has 0 N–H and O–H groups in total. The van der Waals surface area contributed by atoms with Crippen molar-refractivity contribution >= 4 is 6.08 Å². The predicted molar refractivity (Wildman–Crippen MR) is 67.5 cm³/mol. The van der Waals surface area contributed by atoms with Crippen molar-refractivity contribution in [1.29, 1.82) is 0 Å². The summed E-state index contributed by atoms with van der Waals surface area (Å²) in [5, 5.41) is 0. The zero-order valence-electron chi connectivity index (χ0n) is 10.2. The molecule has 0 aromatic heterocycles. The Kier molecular flexibility index (Phi) is 2.57. The van der Waals surface area contributed by atoms with Crippen molar-refractivity contribution in [1.82, 2.24) is 0 Å². The molecule has 17 heavy (non-hydrogen) atoms. The van der Waals surface area contributed by atoms with E-state index in [9.17, 15) is 0 Å². The highest BCUT2D eigenvalue weighted by Crippen LogP contribution is 2.49. The minimum Gasteiger partial charge on any atom is -0.350 e. The predicted octanol–water partition coefficient (Wildman–Crippen LogP) is 3.24. The smallest absolute Gasteiger partial charge is 0.166 e. The molecule has 90 valence electrons. The fraction of sp³-hybridized carbons (Fsp3) is 0.467. The second-order valence-electron chi connectivity index (χ2n) is 5.41. The molecular weight excluding hydrogens is 212 g/mol. The molecule has 1 aromatic carbocycles. The molecule has 2 heterocycles. The molecule has 3 rings (SSSR count). The van der Waals surface area contributed by atoms with Crippen LogP contribution >= 0.6 is 0 Å². The zero-order valence-corrected chi connectivity index (χ0v) is 10.2. The van der Waals surface area contributed by atoms with Crippen molar-refractivity contribution in [3.8, 4) is 0 Å². The maximum Gasteiger partial charge on any atom is 0.166 e. The Balaban J connectivity index is 1.64. The number of benzene rings is 1. The van der Waals surface area contributed by atoms with Crippen LogP contribution in [-0.2, 0) is 9.47 Å². The first-order chi connectivity index (χ1) is 8.20. The van der Waals surface area contributed by atoms with E-state index in [0.717, 1.165) is 26.1 Å². The third-order valence-corrected chi connectivity index (χ3v) is 3.72. The second-order valence-corrected chi connectivity index (χ2v) is 5.41. The van der Waals surface area contributed by atoms with E-state index in [1.165, 1.54) is 5.56 Å². The highest BCUT2D eigenvalue weighted by molar-refractivity contribution is 5.48. The van der Waals surface area contributed by atoms with Gasteiger partial charge >= 0.3 is 0 Å². The number of allylic oxidation sites excluding steroid dienone is 1. The van der Waals surface area contributed by atoms with Gasteiger partial charge in [-0.3, -0.25) is 0 Å². The van der Waals surface area contributed by atoms with Crippen LogP contribution in [0.2, 0.25) is 0 Å². The van der Waals surface area contributed by atoms with E-state index >= 15 is 0 Å². The fourth-order valence-electron chi connectivity index (χ4n) is 2.78. The molecule has 0 radical (unpaired) electrons. The lowest BCUT2D eigenvalue weighted by Gasteiger charge is -2.25. The minimum absolute atomic E-state index is 0.222. The summed E-state index contributed by atoms with van der Waals surface area (Å²) >= 11 is 0. The normalized spacial score (nSPS) is 35.8. The lowest BCUT2D eigenvalue weighted by atomic mass is 9.84. The fourth-order valence-corrected chi connectivity index (χ4v) is 2.78. The lowest BCUT2D eigenvalue weighted by molar-refractivity contribution is -0.210. The average molecular weight is 230 g/mol. The van der Waals surface area contributed by atoms with E-state index in [2.05, 4.69) is 36.4 Å². The summed E-state index contributed by atoms with van der Waals surface area (Å²) in [5.41, 5.74) is 1.48. The van der Waals surface area contributed by atoms with Crippen molar-refractivity contribution in [3.05, 3.63) is 42.0 Å². The van der Waals surface area contributed by atoms with Crippen LogP contribution in [0.1, 0.15) is 25.3 Å². The zero-order chi connectivity index (χ0) is 11.8. The molecule has 2 saturated heterocycles. The average Bonchev–Trinajstić information content (AvgIpc) is 2.84. The molecule has 2 aliphatic heterocycles. The van der Waals surface area contributed by atoms with Gasteiger partial charge in [0.1, 0.15) is 0 Å². The maximum absolute atomic E-state index is 5.69. The summed E-state index contributed by atoms with van der Waals surface area (Å²) in [7, 11) is 0. The summed E-state index contributed by atoms with van der Waals surface area (Å²) in [4.78, 5) is 0. The van der Waals surface area contributed by atoms with E-state index in [1.807, 2.05) is 13.0 Å². The standard InChI is InChI=1S/C15H18O2/c1-14-10-15(11-16-14,12-17-14)9-5-8-13-6-3-2-4-7-13/h2-8H,9-12H2,1H3/b8-5+. The van der Waals surface area contributed by atoms with Gasteiger partial charge in [-0.1, -0.05) is 42.5 Å². The van der Waals surface area contributed by atoms with Crippen molar-refractivity contribution < 1.29 is 9.47 Å². The van der Waals surface area contributed by atoms with E-state index in [-0.39, 0.29) is 11.2 Å². The maximum atomic E-state index is 5.69. The molecule has 2 aliphatic rings. The van der Waals surface area contributed by atoms with Crippen LogP contribution in [0.15, 0.2) is 36.4 Å². The summed E-state index contributed by atoms with van der Waals surface area (Å²) in [6, 6.07) is 10.4. The van der Waals surface area contributed by atoms with Gasteiger partial charge in [0.15, 0.2) is 5.79 Å². The highest BCUT2D eigenvalue weighted by Gasteiger charge is 2.53. The first kappa shape index (κ1) is 11.0. The molecule has 2 heteroatoms. The van der Waals surface area contributed by atoms with Gasteiger partial charge in [-0.05, 0) is 18.9 Å². The second kappa shape index (κ2) is 3.97. The van der Waals surface area contributed by atoms with Crippen LogP contribution in [0.3, 0.4) is 0 Å². The molecule has 2 bridgehead atoms. The molecule has 0 spiro atoms. The van der Waals surface area contributed by atoms with Crippen molar-refractivity contribution in [2.45, 2.75) is 25.6 Å². The lowest BCUT2D eigenvalue weighted by Crippen LogP contribution is -2.29. The first-order valence-electron chi connectivity index (χ1n) is 6.19. The Bertz CT molecular complexity index is 414. The number of ether oxygens (including phenoxy) is 2. The first-order valence-corrected chi connectivity index (χ1v) is 6.19. The van der Waals surface area contributed by atoms with Crippen LogP contribution < -0.4 is 0 Å². The van der Waals surface area contributed by atoms with E-state index in [0.29, 0.717) is 0 Å². The molecule has 0 amide bonds. The van der Waals surface area contributed by atoms with Gasteiger partial charge in [-0.25, -0.2) is 0 Å². The summed E-state index contributed by atoms with van der Waals surface area (Å²) in [5.74, 6) is -0.305. The summed E-state index contributed by atoms with van der Waals surface area (Å²) in [6.07, 6.45) is 6.50. The summed E-state index contributed by atoms with van der Waals surface area (Å²) in [6.45, 7) is 3.72. The quantitative estimate of drug-likeness (QED) is 0.793. The summed E-state index contributed by atoms with van der Waals surface area (Å²) < 4.78 is 11.4. The van der Waals surface area contributed by atoms with E-state index < -0.39 is 0 Å². The van der Waals surface area contributed by atoms with Crippen molar-refractivity contribution in [3.63, 3.8) is 0 Å². The SMILES string of the molecule is CC12CC(C/C=C/c3ccccc3)(CO1)CO2. The molecule has 0 unspecified atom stereocenters. The Morgan fingerprint density at radius 1 is 1.18 bits per heavy atom. The Morgan fingerprint density at radius 2 is 1.88 bits per heavy atom. The van der Waals surface area contributed by atoms with Gasteiger partial charge in [0, 0.05) is 11.8 Å². The Morgan fingerprint density at radius 3 is 2.47 bits per heavy atom. The van der Waals surface area contributed by atoms with Crippen LogP contribution in [0, 0.1) is 5.41 Å². The molecule has 1 aromatic rings. The van der Waals surface area contributed by atoms with Crippen molar-refractivity contribution in [2.75, 3.05) is 13.2 Å². The van der Waals surface area contributed by atoms with Crippen LogP contribution in [0.25, 0.3) is 6.08 Å². The number of hydrogen-bond acceptors (Lipinski definition) is 2. The van der Waals surface area contributed by atoms with Gasteiger partial charge in [0.05, 0.1) is 13.2 Å². The molecule has 2 fully saturated rings. The molecular formula is C15H18O2. The largest absolute Gasteiger partial charge is 0.350 e. The number of fused-ring (bicyclic) bond motifs is 2. The molecule has 0 aliphatic carbocycles. The monoisotopic (exact) mass is 230 g/mol.